The van der Waals surface area contributed by atoms with E-state index < -0.39 is 6.04 Å². The second-order valence-electron chi connectivity index (χ2n) is 4.55. The van der Waals surface area contributed by atoms with E-state index in [4.69, 9.17) is 10.6 Å². The molecule has 3 nitrogen and oxygen atoms in total. The largest absolute Gasteiger partial charge is 0.494 e. The number of hydrazine groups is 1. The van der Waals surface area contributed by atoms with Gasteiger partial charge in [-0.25, -0.2) is 9.82 Å². The van der Waals surface area contributed by atoms with E-state index in [1.807, 2.05) is 37.3 Å². The molecule has 0 bridgehead atoms. The van der Waals surface area contributed by atoms with E-state index in [2.05, 4.69) is 5.43 Å². The van der Waals surface area contributed by atoms with E-state index in [-0.39, 0.29) is 5.82 Å². The highest BCUT2D eigenvalue weighted by Crippen LogP contribution is 2.31. The molecule has 0 aromatic heterocycles. The molecule has 0 radical (unpaired) electrons. The lowest BCUT2D eigenvalue weighted by molar-refractivity contribution is 0.333. The summed E-state index contributed by atoms with van der Waals surface area (Å²) in [6.07, 6.45) is 0. The molecule has 1 unspecified atom stereocenters. The first-order valence-electron chi connectivity index (χ1n) is 6.61. The number of halogens is 1. The summed E-state index contributed by atoms with van der Waals surface area (Å²) in [6, 6.07) is 12.4. The number of nitrogens with one attached hydrogen (secondary N) is 1. The Kier molecular flexibility index (Phi) is 4.71. The Hall–Kier alpha value is -1.91. The van der Waals surface area contributed by atoms with Crippen LogP contribution in [0.1, 0.15) is 29.7 Å². The molecule has 0 aliphatic rings. The normalized spacial score (nSPS) is 12.2. The van der Waals surface area contributed by atoms with E-state index in [0.29, 0.717) is 23.5 Å². The van der Waals surface area contributed by atoms with Crippen LogP contribution in [0.5, 0.6) is 5.75 Å². The maximum Gasteiger partial charge on any atom is 0.131 e. The van der Waals surface area contributed by atoms with Crippen molar-refractivity contribution in [3.05, 3.63) is 65.0 Å². The number of hydrogen-bond acceptors (Lipinski definition) is 3. The van der Waals surface area contributed by atoms with Gasteiger partial charge in [0.05, 0.1) is 12.6 Å². The van der Waals surface area contributed by atoms with Crippen LogP contribution in [0.4, 0.5) is 4.39 Å². The van der Waals surface area contributed by atoms with Crippen LogP contribution in [0, 0.1) is 12.7 Å². The van der Waals surface area contributed by atoms with Gasteiger partial charge in [0, 0.05) is 11.1 Å². The van der Waals surface area contributed by atoms with Crippen molar-refractivity contribution in [2.24, 2.45) is 5.84 Å². The molecule has 20 heavy (non-hydrogen) atoms. The average Bonchev–Trinajstić information content (AvgIpc) is 2.46. The number of para-hydroxylation sites is 1. The molecule has 0 amide bonds. The SMILES string of the molecule is CCOc1ccccc1C(NN)c1cccc(C)c1F. The standard InChI is InChI=1S/C16H19FN2O/c1-3-20-14-10-5-4-8-12(14)16(19-18)13-9-6-7-11(2)15(13)17/h4-10,16,19H,3,18H2,1-2H3. The maximum atomic E-state index is 14.3. The summed E-state index contributed by atoms with van der Waals surface area (Å²) in [7, 11) is 0. The van der Waals surface area contributed by atoms with Crippen molar-refractivity contribution in [1.29, 1.82) is 0 Å². The summed E-state index contributed by atoms with van der Waals surface area (Å²) in [4.78, 5) is 0. The highest BCUT2D eigenvalue weighted by atomic mass is 19.1. The Bertz CT molecular complexity index is 586. The quantitative estimate of drug-likeness (QED) is 0.650. The van der Waals surface area contributed by atoms with Gasteiger partial charge < -0.3 is 4.74 Å². The zero-order chi connectivity index (χ0) is 14.5. The Labute approximate surface area is 118 Å². The van der Waals surface area contributed by atoms with Gasteiger partial charge in [-0.1, -0.05) is 36.4 Å². The van der Waals surface area contributed by atoms with Crippen LogP contribution in [0.15, 0.2) is 42.5 Å². The lowest BCUT2D eigenvalue weighted by atomic mass is 9.96. The predicted octanol–water partition coefficient (Wildman–Crippen LogP) is 3.09. The molecule has 0 saturated carbocycles. The van der Waals surface area contributed by atoms with Gasteiger partial charge >= 0.3 is 0 Å². The molecule has 3 N–H and O–H groups in total. The molecule has 2 aromatic carbocycles. The van der Waals surface area contributed by atoms with Gasteiger partial charge in [-0.15, -0.1) is 0 Å². The first-order chi connectivity index (χ1) is 9.69. The van der Waals surface area contributed by atoms with Crippen molar-refractivity contribution < 1.29 is 9.13 Å². The number of rotatable bonds is 5. The van der Waals surface area contributed by atoms with Crippen molar-refractivity contribution in [3.8, 4) is 5.75 Å². The lowest BCUT2D eigenvalue weighted by Gasteiger charge is -2.21. The van der Waals surface area contributed by atoms with Gasteiger partial charge in [0.1, 0.15) is 11.6 Å². The van der Waals surface area contributed by atoms with Crippen molar-refractivity contribution >= 4 is 0 Å². The maximum absolute atomic E-state index is 14.3. The van der Waals surface area contributed by atoms with Crippen LogP contribution in [0.3, 0.4) is 0 Å². The van der Waals surface area contributed by atoms with E-state index in [1.54, 1.807) is 19.1 Å². The van der Waals surface area contributed by atoms with Crippen molar-refractivity contribution in [2.45, 2.75) is 19.9 Å². The second kappa shape index (κ2) is 6.50. The third-order valence-electron chi connectivity index (χ3n) is 3.23. The number of ether oxygens (including phenoxy) is 1. The highest BCUT2D eigenvalue weighted by Gasteiger charge is 2.20. The van der Waals surface area contributed by atoms with E-state index >= 15 is 0 Å². The molecule has 4 heteroatoms. The minimum atomic E-state index is -0.447. The van der Waals surface area contributed by atoms with Crippen LogP contribution in [-0.2, 0) is 0 Å². The van der Waals surface area contributed by atoms with Crippen molar-refractivity contribution in [1.82, 2.24) is 5.43 Å². The van der Waals surface area contributed by atoms with Crippen LogP contribution in [0.2, 0.25) is 0 Å². The topological polar surface area (TPSA) is 47.3 Å². The molecule has 2 rings (SSSR count). The molecule has 0 heterocycles. The summed E-state index contributed by atoms with van der Waals surface area (Å²) < 4.78 is 19.9. The molecule has 1 atom stereocenters. The number of nitrogens with two attached hydrogens (primary N) is 1. The average molecular weight is 274 g/mol. The van der Waals surface area contributed by atoms with E-state index in [0.717, 1.165) is 5.56 Å². The Morgan fingerprint density at radius 1 is 1.15 bits per heavy atom. The summed E-state index contributed by atoms with van der Waals surface area (Å²) in [5, 5.41) is 0. The molecular formula is C16H19FN2O. The van der Waals surface area contributed by atoms with Gasteiger partial charge in [-0.05, 0) is 25.5 Å². The van der Waals surface area contributed by atoms with Gasteiger partial charge in [-0.3, -0.25) is 5.84 Å². The van der Waals surface area contributed by atoms with Gasteiger partial charge in [-0.2, -0.15) is 0 Å². The predicted molar refractivity (Wildman–Crippen MR) is 77.9 cm³/mol. The summed E-state index contributed by atoms with van der Waals surface area (Å²) >= 11 is 0. The highest BCUT2D eigenvalue weighted by molar-refractivity contribution is 5.42. The number of aryl methyl sites for hydroxylation is 1. The molecule has 0 spiro atoms. The summed E-state index contributed by atoms with van der Waals surface area (Å²) in [5.74, 6) is 6.11. The van der Waals surface area contributed by atoms with Crippen LogP contribution in [0.25, 0.3) is 0 Å². The Morgan fingerprint density at radius 3 is 2.55 bits per heavy atom. The van der Waals surface area contributed by atoms with Gasteiger partial charge in [0.2, 0.25) is 0 Å². The number of benzene rings is 2. The molecule has 0 saturated heterocycles. The van der Waals surface area contributed by atoms with Gasteiger partial charge in [0.25, 0.3) is 0 Å². The fourth-order valence-electron chi connectivity index (χ4n) is 2.25. The van der Waals surface area contributed by atoms with Crippen LogP contribution >= 0.6 is 0 Å². The van der Waals surface area contributed by atoms with Crippen LogP contribution < -0.4 is 16.0 Å². The second-order valence-corrected chi connectivity index (χ2v) is 4.55. The Morgan fingerprint density at radius 2 is 1.85 bits per heavy atom. The third kappa shape index (κ3) is 2.81. The smallest absolute Gasteiger partial charge is 0.131 e. The van der Waals surface area contributed by atoms with E-state index in [9.17, 15) is 4.39 Å². The van der Waals surface area contributed by atoms with Crippen LogP contribution in [-0.4, -0.2) is 6.61 Å². The van der Waals surface area contributed by atoms with Gasteiger partial charge in [0.15, 0.2) is 0 Å². The van der Waals surface area contributed by atoms with Crippen molar-refractivity contribution in [3.63, 3.8) is 0 Å². The summed E-state index contributed by atoms with van der Waals surface area (Å²) in [6.45, 7) is 4.19. The Balaban J connectivity index is 2.50. The molecule has 106 valence electrons. The molecule has 0 fully saturated rings. The first-order valence-corrected chi connectivity index (χ1v) is 6.61. The minimum absolute atomic E-state index is 0.248. The molecule has 0 aliphatic carbocycles. The molecule has 0 aliphatic heterocycles. The minimum Gasteiger partial charge on any atom is -0.494 e. The van der Waals surface area contributed by atoms with Crippen molar-refractivity contribution in [2.75, 3.05) is 6.61 Å². The third-order valence-corrected chi connectivity index (χ3v) is 3.23. The fraction of sp³-hybridized carbons (Fsp3) is 0.250. The summed E-state index contributed by atoms with van der Waals surface area (Å²) in [5.41, 5.74) is 4.61. The zero-order valence-corrected chi connectivity index (χ0v) is 11.7. The molecule has 2 aromatic rings. The molecular weight excluding hydrogens is 255 g/mol. The zero-order valence-electron chi connectivity index (χ0n) is 11.7. The number of hydrogen-bond donors (Lipinski definition) is 2. The monoisotopic (exact) mass is 274 g/mol. The fourth-order valence-corrected chi connectivity index (χ4v) is 2.25. The van der Waals surface area contributed by atoms with E-state index in [1.165, 1.54) is 0 Å². The first kappa shape index (κ1) is 14.5. The lowest BCUT2D eigenvalue weighted by Crippen LogP contribution is -2.30.